The molecule has 0 amide bonds. The minimum absolute atomic E-state index is 0.0489. The van der Waals surface area contributed by atoms with Gasteiger partial charge in [-0.25, -0.2) is 9.97 Å². The van der Waals surface area contributed by atoms with Crippen molar-refractivity contribution in [3.63, 3.8) is 0 Å². The molecule has 5 aromatic carbocycles. The lowest BCUT2D eigenvalue weighted by atomic mass is 9.81. The van der Waals surface area contributed by atoms with E-state index in [-0.39, 0.29) is 5.41 Å². The van der Waals surface area contributed by atoms with E-state index >= 15 is 0 Å². The van der Waals surface area contributed by atoms with Crippen LogP contribution in [0.15, 0.2) is 109 Å². The van der Waals surface area contributed by atoms with Gasteiger partial charge in [-0.3, -0.25) is 0 Å². The van der Waals surface area contributed by atoms with Crippen molar-refractivity contribution < 1.29 is 0 Å². The van der Waals surface area contributed by atoms with Gasteiger partial charge in [0.25, 0.3) is 0 Å². The van der Waals surface area contributed by atoms with Crippen molar-refractivity contribution in [2.24, 2.45) is 0 Å². The van der Waals surface area contributed by atoms with E-state index in [1.807, 2.05) is 12.1 Å². The van der Waals surface area contributed by atoms with Gasteiger partial charge < -0.3 is 0 Å². The maximum Gasteiger partial charge on any atom is 0.161 e. The lowest BCUT2D eigenvalue weighted by molar-refractivity contribution is 0.661. The summed E-state index contributed by atoms with van der Waals surface area (Å²) in [5.41, 5.74) is 9.48. The number of benzene rings is 5. The molecule has 7 rings (SSSR count). The first-order valence-electron chi connectivity index (χ1n) is 12.1. The van der Waals surface area contributed by atoms with Crippen LogP contribution in [-0.4, -0.2) is 9.97 Å². The summed E-state index contributed by atoms with van der Waals surface area (Å²) in [6.45, 7) is 4.65. The Hall–Kier alpha value is -4.30. The van der Waals surface area contributed by atoms with Crippen molar-refractivity contribution >= 4 is 21.7 Å². The Kier molecular flexibility index (Phi) is 4.22. The zero-order valence-electron chi connectivity index (χ0n) is 19.8. The largest absolute Gasteiger partial charge is 0.228 e. The van der Waals surface area contributed by atoms with Gasteiger partial charge in [0, 0.05) is 21.9 Å². The highest BCUT2D eigenvalue weighted by atomic mass is 14.9. The molecule has 0 unspecified atom stereocenters. The minimum atomic E-state index is -0.0489. The van der Waals surface area contributed by atoms with Crippen molar-refractivity contribution in [3.05, 3.63) is 120 Å². The van der Waals surface area contributed by atoms with Crippen LogP contribution in [0.3, 0.4) is 0 Å². The first kappa shape index (κ1) is 20.1. The Morgan fingerprint density at radius 2 is 1.29 bits per heavy atom. The smallest absolute Gasteiger partial charge is 0.161 e. The van der Waals surface area contributed by atoms with Crippen molar-refractivity contribution in [2.45, 2.75) is 19.3 Å². The molecule has 1 heterocycles. The van der Waals surface area contributed by atoms with E-state index in [0.29, 0.717) is 0 Å². The fourth-order valence-electron chi connectivity index (χ4n) is 5.68. The second-order valence-electron chi connectivity index (χ2n) is 9.87. The van der Waals surface area contributed by atoms with Crippen molar-refractivity contribution in [1.82, 2.24) is 9.97 Å². The molecule has 0 atom stereocenters. The van der Waals surface area contributed by atoms with E-state index < -0.39 is 0 Å². The number of hydrogen-bond donors (Lipinski definition) is 0. The molecule has 0 N–H and O–H groups in total. The van der Waals surface area contributed by atoms with Gasteiger partial charge in [0.15, 0.2) is 5.82 Å². The number of aromatic nitrogens is 2. The fraction of sp³-hybridized carbons (Fsp3) is 0.0909. The maximum absolute atomic E-state index is 5.15. The van der Waals surface area contributed by atoms with E-state index in [0.717, 1.165) is 33.5 Å². The summed E-state index contributed by atoms with van der Waals surface area (Å²) in [4.78, 5) is 10.2. The molecule has 35 heavy (non-hydrogen) atoms. The summed E-state index contributed by atoms with van der Waals surface area (Å²) >= 11 is 0. The summed E-state index contributed by atoms with van der Waals surface area (Å²) in [5, 5.41) is 3.48. The molecule has 2 heteroatoms. The van der Waals surface area contributed by atoms with Crippen molar-refractivity contribution in [2.75, 3.05) is 0 Å². The van der Waals surface area contributed by atoms with E-state index in [2.05, 4.69) is 111 Å². The second-order valence-corrected chi connectivity index (χ2v) is 9.87. The predicted octanol–water partition coefficient (Wildman–Crippen LogP) is 8.42. The van der Waals surface area contributed by atoms with Crippen LogP contribution in [0, 0.1) is 0 Å². The zero-order valence-corrected chi connectivity index (χ0v) is 19.8. The average Bonchev–Trinajstić information content (AvgIpc) is 3.13. The first-order chi connectivity index (χ1) is 17.1. The quantitative estimate of drug-likeness (QED) is 0.266. The molecule has 0 spiro atoms. The van der Waals surface area contributed by atoms with Gasteiger partial charge in [0.2, 0.25) is 0 Å². The number of nitrogens with zero attached hydrogens (tertiary/aromatic N) is 2. The molecule has 1 aliphatic carbocycles. The second kappa shape index (κ2) is 7.35. The van der Waals surface area contributed by atoms with Crippen molar-refractivity contribution in [3.8, 4) is 33.8 Å². The number of hydrogen-bond acceptors (Lipinski definition) is 2. The molecule has 1 aliphatic rings. The van der Waals surface area contributed by atoms with Crippen LogP contribution in [-0.2, 0) is 5.41 Å². The summed E-state index contributed by atoms with van der Waals surface area (Å²) < 4.78 is 0. The molecule has 0 fully saturated rings. The van der Waals surface area contributed by atoms with E-state index in [9.17, 15) is 0 Å². The molecule has 0 radical (unpaired) electrons. The van der Waals surface area contributed by atoms with E-state index in [1.54, 1.807) is 0 Å². The predicted molar refractivity (Wildman–Crippen MR) is 145 cm³/mol. The number of fused-ring (bicyclic) bond motifs is 5. The van der Waals surface area contributed by atoms with Crippen LogP contribution in [0.2, 0.25) is 0 Å². The molecular weight excluding hydrogens is 424 g/mol. The molecule has 0 aliphatic heterocycles. The third kappa shape index (κ3) is 2.96. The molecule has 6 aromatic rings. The van der Waals surface area contributed by atoms with Gasteiger partial charge in [0.1, 0.15) is 0 Å². The molecule has 1 aromatic heterocycles. The summed E-state index contributed by atoms with van der Waals surface area (Å²) in [6, 6.07) is 38.7. The minimum Gasteiger partial charge on any atom is -0.228 e. The molecule has 0 bridgehead atoms. The van der Waals surface area contributed by atoms with Gasteiger partial charge in [-0.1, -0.05) is 105 Å². The number of para-hydroxylation sites is 1. The van der Waals surface area contributed by atoms with Crippen molar-refractivity contribution in [1.29, 1.82) is 0 Å². The summed E-state index contributed by atoms with van der Waals surface area (Å²) in [7, 11) is 0. The van der Waals surface area contributed by atoms with Gasteiger partial charge >= 0.3 is 0 Å². The molecule has 0 saturated heterocycles. The Morgan fingerprint density at radius 1 is 0.543 bits per heavy atom. The van der Waals surface area contributed by atoms with Crippen LogP contribution in [0.25, 0.3) is 55.4 Å². The van der Waals surface area contributed by atoms with Gasteiger partial charge in [-0.05, 0) is 51.2 Å². The maximum atomic E-state index is 5.15. The zero-order chi connectivity index (χ0) is 23.6. The van der Waals surface area contributed by atoms with Crippen LogP contribution in [0.1, 0.15) is 25.0 Å². The SMILES string of the molecule is CC1(C)c2ccccc2-c2cc3cccc(-c4nc(-c5ccccc5)c5ccccc5n4)c3cc21. The first-order valence-corrected chi connectivity index (χ1v) is 12.1. The molecule has 2 nitrogen and oxygen atoms in total. The molecule has 166 valence electrons. The van der Waals surface area contributed by atoms with Crippen LogP contribution in [0.5, 0.6) is 0 Å². The lowest BCUT2D eigenvalue weighted by Gasteiger charge is -2.22. The van der Waals surface area contributed by atoms with E-state index in [1.165, 1.54) is 33.0 Å². The van der Waals surface area contributed by atoms with Crippen LogP contribution >= 0.6 is 0 Å². The standard InChI is InChI=1S/C33H24N2/c1-33(2)28-17-8-6-14-23(28)27-19-22-13-10-16-24(26(22)20-29(27)33)32-34-30-18-9-7-15-25(30)31(35-32)21-11-4-3-5-12-21/h3-20H,1-2H3. The topological polar surface area (TPSA) is 25.8 Å². The Morgan fingerprint density at radius 3 is 2.17 bits per heavy atom. The highest BCUT2D eigenvalue weighted by Gasteiger charge is 2.35. The molecule has 0 saturated carbocycles. The van der Waals surface area contributed by atoms with Crippen LogP contribution in [0.4, 0.5) is 0 Å². The third-order valence-electron chi connectivity index (χ3n) is 7.47. The number of rotatable bonds is 2. The summed E-state index contributed by atoms with van der Waals surface area (Å²) in [5.74, 6) is 0.765. The molecular formula is C33H24N2. The highest BCUT2D eigenvalue weighted by Crippen LogP contribution is 2.50. The Balaban J connectivity index is 1.51. The fourth-order valence-corrected chi connectivity index (χ4v) is 5.68. The third-order valence-corrected chi connectivity index (χ3v) is 7.47. The normalized spacial score (nSPS) is 13.7. The highest BCUT2D eigenvalue weighted by molar-refractivity contribution is 6.02. The van der Waals surface area contributed by atoms with Gasteiger partial charge in [0.05, 0.1) is 11.2 Å². The monoisotopic (exact) mass is 448 g/mol. The summed E-state index contributed by atoms with van der Waals surface area (Å²) in [6.07, 6.45) is 0. The average molecular weight is 449 g/mol. The Labute approximate surface area is 204 Å². The van der Waals surface area contributed by atoms with E-state index in [4.69, 9.17) is 9.97 Å². The lowest BCUT2D eigenvalue weighted by Crippen LogP contribution is -2.14. The van der Waals surface area contributed by atoms with Gasteiger partial charge in [-0.15, -0.1) is 0 Å². The van der Waals surface area contributed by atoms with Gasteiger partial charge in [-0.2, -0.15) is 0 Å². The van der Waals surface area contributed by atoms with Crippen LogP contribution < -0.4 is 0 Å². The Bertz CT molecular complexity index is 1760.